The van der Waals surface area contributed by atoms with Crippen LogP contribution in [0, 0.1) is 6.92 Å². The van der Waals surface area contributed by atoms with Gasteiger partial charge >= 0.3 is 0 Å². The highest BCUT2D eigenvalue weighted by atomic mass is 32.2. The lowest BCUT2D eigenvalue weighted by Crippen LogP contribution is -2.38. The molecule has 0 spiro atoms. The second-order valence-electron chi connectivity index (χ2n) is 4.93. The standard InChI is InChI=1S/C14H22N2O3S/c1-5-11(4)16(6-2)14(17)12-7-10(3)8-13(9-12)20(15,18)19/h7-9,11H,5-6H2,1-4H3,(H2,15,18,19). The minimum atomic E-state index is -3.81. The predicted molar refractivity (Wildman–Crippen MR) is 79.0 cm³/mol. The first-order chi connectivity index (χ1) is 9.20. The molecule has 0 aliphatic rings. The van der Waals surface area contributed by atoms with E-state index in [4.69, 9.17) is 5.14 Å². The van der Waals surface area contributed by atoms with Crippen molar-refractivity contribution in [2.24, 2.45) is 5.14 Å². The van der Waals surface area contributed by atoms with E-state index in [2.05, 4.69) is 0 Å². The van der Waals surface area contributed by atoms with Crippen molar-refractivity contribution in [3.05, 3.63) is 29.3 Å². The monoisotopic (exact) mass is 298 g/mol. The quantitative estimate of drug-likeness (QED) is 0.901. The predicted octanol–water partition coefficient (Wildman–Crippen LogP) is 1.90. The molecular formula is C14H22N2O3S. The molecule has 112 valence electrons. The van der Waals surface area contributed by atoms with Crippen LogP contribution in [-0.4, -0.2) is 31.8 Å². The topological polar surface area (TPSA) is 80.5 Å². The third kappa shape index (κ3) is 3.80. The van der Waals surface area contributed by atoms with Gasteiger partial charge in [0, 0.05) is 18.2 Å². The normalized spacial score (nSPS) is 13.1. The summed E-state index contributed by atoms with van der Waals surface area (Å²) < 4.78 is 22.9. The first kappa shape index (κ1) is 16.7. The highest BCUT2D eigenvalue weighted by Gasteiger charge is 2.20. The molecule has 5 nitrogen and oxygen atoms in total. The van der Waals surface area contributed by atoms with Gasteiger partial charge in [0.1, 0.15) is 0 Å². The van der Waals surface area contributed by atoms with Crippen LogP contribution in [0.2, 0.25) is 0 Å². The van der Waals surface area contributed by atoms with Gasteiger partial charge in [0.15, 0.2) is 0 Å². The summed E-state index contributed by atoms with van der Waals surface area (Å²) in [5.41, 5.74) is 1.05. The molecule has 1 rings (SSSR count). The van der Waals surface area contributed by atoms with Crippen LogP contribution in [0.3, 0.4) is 0 Å². The van der Waals surface area contributed by atoms with Crippen molar-refractivity contribution in [2.45, 2.75) is 45.1 Å². The average molecular weight is 298 g/mol. The van der Waals surface area contributed by atoms with Gasteiger partial charge in [-0.3, -0.25) is 4.79 Å². The van der Waals surface area contributed by atoms with Crippen LogP contribution >= 0.6 is 0 Å². The number of carbonyl (C=O) groups excluding carboxylic acids is 1. The maximum atomic E-state index is 12.5. The van der Waals surface area contributed by atoms with Crippen LogP contribution in [0.4, 0.5) is 0 Å². The molecule has 1 amide bonds. The molecule has 0 fully saturated rings. The summed E-state index contributed by atoms with van der Waals surface area (Å²) in [6.45, 7) is 8.20. The number of hydrogen-bond acceptors (Lipinski definition) is 3. The van der Waals surface area contributed by atoms with E-state index in [1.165, 1.54) is 12.1 Å². The molecule has 0 radical (unpaired) electrons. The Balaban J connectivity index is 3.26. The van der Waals surface area contributed by atoms with Gasteiger partial charge < -0.3 is 4.90 Å². The number of primary sulfonamides is 1. The minimum absolute atomic E-state index is 0.0268. The molecule has 0 bridgehead atoms. The lowest BCUT2D eigenvalue weighted by molar-refractivity contribution is 0.0699. The van der Waals surface area contributed by atoms with Gasteiger partial charge in [0.05, 0.1) is 4.90 Å². The number of carbonyl (C=O) groups is 1. The van der Waals surface area contributed by atoms with Gasteiger partial charge in [-0.05, 0) is 51.0 Å². The molecule has 0 aliphatic carbocycles. The molecule has 1 atom stereocenters. The lowest BCUT2D eigenvalue weighted by Gasteiger charge is -2.27. The zero-order valence-electron chi connectivity index (χ0n) is 12.4. The number of aryl methyl sites for hydroxylation is 1. The van der Waals surface area contributed by atoms with Crippen LogP contribution in [0.25, 0.3) is 0 Å². The SMILES string of the molecule is CCC(C)N(CC)C(=O)c1cc(C)cc(S(N)(=O)=O)c1. The van der Waals surface area contributed by atoms with Crippen LogP contribution in [0.15, 0.2) is 23.1 Å². The first-order valence-electron chi connectivity index (χ1n) is 6.66. The van der Waals surface area contributed by atoms with Crippen LogP contribution < -0.4 is 5.14 Å². The van der Waals surface area contributed by atoms with Crippen LogP contribution in [0.1, 0.15) is 43.1 Å². The van der Waals surface area contributed by atoms with Crippen molar-refractivity contribution in [1.82, 2.24) is 4.90 Å². The fourth-order valence-electron chi connectivity index (χ4n) is 2.08. The largest absolute Gasteiger partial charge is 0.336 e. The van der Waals surface area contributed by atoms with Gasteiger partial charge in [-0.25, -0.2) is 13.6 Å². The van der Waals surface area contributed by atoms with E-state index in [-0.39, 0.29) is 16.8 Å². The Hall–Kier alpha value is -1.40. The first-order valence-corrected chi connectivity index (χ1v) is 8.20. The summed E-state index contributed by atoms with van der Waals surface area (Å²) in [6, 6.07) is 4.59. The third-order valence-electron chi connectivity index (χ3n) is 3.35. The van der Waals surface area contributed by atoms with Gasteiger partial charge in [-0.1, -0.05) is 6.92 Å². The molecule has 0 saturated carbocycles. The molecule has 1 aromatic rings. The van der Waals surface area contributed by atoms with E-state index in [0.717, 1.165) is 6.42 Å². The van der Waals surface area contributed by atoms with Crippen molar-refractivity contribution in [2.75, 3.05) is 6.54 Å². The highest BCUT2D eigenvalue weighted by molar-refractivity contribution is 7.89. The average Bonchev–Trinajstić information content (AvgIpc) is 2.37. The molecule has 0 aliphatic heterocycles. The Labute approximate surface area is 120 Å². The fourth-order valence-corrected chi connectivity index (χ4v) is 2.72. The van der Waals surface area contributed by atoms with E-state index >= 15 is 0 Å². The maximum Gasteiger partial charge on any atom is 0.254 e. The number of sulfonamides is 1. The van der Waals surface area contributed by atoms with Crippen LogP contribution in [-0.2, 0) is 10.0 Å². The van der Waals surface area contributed by atoms with Crippen molar-refractivity contribution in [1.29, 1.82) is 0 Å². The van der Waals surface area contributed by atoms with E-state index in [1.54, 1.807) is 17.9 Å². The second kappa shape index (κ2) is 6.37. The molecule has 20 heavy (non-hydrogen) atoms. The number of hydrogen-bond donors (Lipinski definition) is 1. The number of amides is 1. The highest BCUT2D eigenvalue weighted by Crippen LogP contribution is 2.17. The fraction of sp³-hybridized carbons (Fsp3) is 0.500. The lowest BCUT2D eigenvalue weighted by atomic mass is 10.1. The molecule has 0 aromatic heterocycles. The molecular weight excluding hydrogens is 276 g/mol. The van der Waals surface area contributed by atoms with Gasteiger partial charge in [0.2, 0.25) is 10.0 Å². The Morgan fingerprint density at radius 3 is 2.35 bits per heavy atom. The van der Waals surface area contributed by atoms with Gasteiger partial charge in [-0.15, -0.1) is 0 Å². The maximum absolute atomic E-state index is 12.5. The molecule has 0 heterocycles. The summed E-state index contributed by atoms with van der Waals surface area (Å²) >= 11 is 0. The summed E-state index contributed by atoms with van der Waals surface area (Å²) in [6.07, 6.45) is 0.841. The number of nitrogens with two attached hydrogens (primary N) is 1. The van der Waals surface area contributed by atoms with Gasteiger partial charge in [-0.2, -0.15) is 0 Å². The van der Waals surface area contributed by atoms with E-state index < -0.39 is 10.0 Å². The zero-order chi connectivity index (χ0) is 15.5. The molecule has 0 saturated heterocycles. The molecule has 1 aromatic carbocycles. The van der Waals surface area contributed by atoms with Crippen molar-refractivity contribution >= 4 is 15.9 Å². The number of nitrogens with zero attached hydrogens (tertiary/aromatic N) is 1. The Morgan fingerprint density at radius 2 is 1.90 bits per heavy atom. The third-order valence-corrected chi connectivity index (χ3v) is 4.24. The molecule has 2 N–H and O–H groups in total. The Bertz CT molecular complexity index is 596. The summed E-state index contributed by atoms with van der Waals surface area (Å²) in [7, 11) is -3.81. The van der Waals surface area contributed by atoms with E-state index in [9.17, 15) is 13.2 Å². The zero-order valence-corrected chi connectivity index (χ0v) is 13.2. The minimum Gasteiger partial charge on any atom is -0.336 e. The van der Waals surface area contributed by atoms with Crippen molar-refractivity contribution in [3.63, 3.8) is 0 Å². The van der Waals surface area contributed by atoms with Crippen molar-refractivity contribution in [3.8, 4) is 0 Å². The number of rotatable bonds is 5. The van der Waals surface area contributed by atoms with Gasteiger partial charge in [0.25, 0.3) is 5.91 Å². The molecule has 6 heteroatoms. The molecule has 1 unspecified atom stereocenters. The smallest absolute Gasteiger partial charge is 0.254 e. The Morgan fingerprint density at radius 1 is 1.30 bits per heavy atom. The summed E-state index contributed by atoms with van der Waals surface area (Å²) in [5.74, 6) is -0.171. The second-order valence-corrected chi connectivity index (χ2v) is 6.49. The summed E-state index contributed by atoms with van der Waals surface area (Å²) in [4.78, 5) is 14.2. The van der Waals surface area contributed by atoms with Crippen molar-refractivity contribution < 1.29 is 13.2 Å². The summed E-state index contributed by atoms with van der Waals surface area (Å²) in [5, 5.41) is 5.14. The van der Waals surface area contributed by atoms with E-state index in [1.807, 2.05) is 20.8 Å². The number of benzene rings is 1. The van der Waals surface area contributed by atoms with E-state index in [0.29, 0.717) is 17.7 Å². The van der Waals surface area contributed by atoms with Crippen LogP contribution in [0.5, 0.6) is 0 Å². The Kier molecular flexibility index (Phi) is 5.30.